The summed E-state index contributed by atoms with van der Waals surface area (Å²) < 4.78 is 0. The van der Waals surface area contributed by atoms with Crippen LogP contribution in [0.3, 0.4) is 0 Å². The maximum Gasteiger partial charge on any atom is 0.251 e. The summed E-state index contributed by atoms with van der Waals surface area (Å²) in [7, 11) is 0. The van der Waals surface area contributed by atoms with Crippen LogP contribution in [0.2, 0.25) is 5.02 Å². The van der Waals surface area contributed by atoms with Gasteiger partial charge in [-0.3, -0.25) is 4.79 Å². The summed E-state index contributed by atoms with van der Waals surface area (Å²) in [6.45, 7) is 1.94. The Morgan fingerprint density at radius 3 is 3.00 bits per heavy atom. The molecule has 1 unspecified atom stereocenters. The fourth-order valence-corrected chi connectivity index (χ4v) is 2.26. The predicted molar refractivity (Wildman–Crippen MR) is 71.1 cm³/mol. The van der Waals surface area contributed by atoms with Gasteiger partial charge in [0.05, 0.1) is 5.02 Å². The van der Waals surface area contributed by atoms with Crippen molar-refractivity contribution in [1.29, 1.82) is 0 Å². The molecule has 3 N–H and O–H groups in total. The van der Waals surface area contributed by atoms with E-state index in [4.69, 9.17) is 11.6 Å². The molecule has 1 aromatic rings. The number of hydrogen-bond acceptors (Lipinski definition) is 3. The van der Waals surface area contributed by atoms with Crippen molar-refractivity contribution in [3.63, 3.8) is 0 Å². The molecule has 0 aliphatic carbocycles. The van der Waals surface area contributed by atoms with Gasteiger partial charge >= 0.3 is 0 Å². The summed E-state index contributed by atoms with van der Waals surface area (Å²) in [5.41, 5.74) is 0.481. The van der Waals surface area contributed by atoms with E-state index in [1.54, 1.807) is 6.07 Å². The smallest absolute Gasteiger partial charge is 0.251 e. The molecule has 1 saturated heterocycles. The molecule has 0 bridgehead atoms. The number of phenolic OH excluding ortho intramolecular Hbond substituents is 1. The van der Waals surface area contributed by atoms with E-state index in [0.717, 1.165) is 32.4 Å². The Morgan fingerprint density at radius 2 is 2.22 bits per heavy atom. The van der Waals surface area contributed by atoms with Crippen LogP contribution in [0.5, 0.6) is 5.75 Å². The minimum Gasteiger partial charge on any atom is -0.506 e. The molecular formula is C13H17ClN2O2. The third kappa shape index (κ3) is 3.37. The number of carbonyl (C=O) groups is 1. The fraction of sp³-hybridized carbons (Fsp3) is 0.462. The number of benzene rings is 1. The van der Waals surface area contributed by atoms with E-state index in [0.29, 0.717) is 5.56 Å². The fourth-order valence-electron chi connectivity index (χ4n) is 2.08. The lowest BCUT2D eigenvalue weighted by atomic mass is 10.1. The van der Waals surface area contributed by atoms with Crippen LogP contribution in [0.1, 0.15) is 29.6 Å². The molecule has 0 saturated carbocycles. The zero-order valence-electron chi connectivity index (χ0n) is 10.1. The van der Waals surface area contributed by atoms with E-state index in [2.05, 4.69) is 10.6 Å². The van der Waals surface area contributed by atoms with Crippen molar-refractivity contribution in [2.75, 3.05) is 13.1 Å². The largest absolute Gasteiger partial charge is 0.506 e. The summed E-state index contributed by atoms with van der Waals surface area (Å²) in [6, 6.07) is 4.71. The molecule has 1 fully saturated rings. The Bertz CT molecular complexity index is 429. The van der Waals surface area contributed by atoms with Gasteiger partial charge in [0, 0.05) is 11.6 Å². The second kappa shape index (κ2) is 6.07. The van der Waals surface area contributed by atoms with Crippen molar-refractivity contribution >= 4 is 17.5 Å². The van der Waals surface area contributed by atoms with Crippen molar-refractivity contribution in [1.82, 2.24) is 10.6 Å². The molecule has 18 heavy (non-hydrogen) atoms. The number of aromatic hydroxyl groups is 1. The lowest BCUT2D eigenvalue weighted by molar-refractivity contribution is 0.0934. The van der Waals surface area contributed by atoms with Crippen LogP contribution in [0.25, 0.3) is 0 Å². The van der Waals surface area contributed by atoms with E-state index in [-0.39, 0.29) is 22.7 Å². The van der Waals surface area contributed by atoms with Crippen molar-refractivity contribution in [2.45, 2.75) is 25.3 Å². The first-order valence-corrected chi connectivity index (χ1v) is 6.54. The van der Waals surface area contributed by atoms with Gasteiger partial charge in [-0.2, -0.15) is 0 Å². The number of nitrogens with one attached hydrogen (secondary N) is 2. The number of phenols is 1. The first-order valence-electron chi connectivity index (χ1n) is 6.17. The maximum absolute atomic E-state index is 12.0. The zero-order valence-corrected chi connectivity index (χ0v) is 10.8. The van der Waals surface area contributed by atoms with Crippen LogP contribution in [-0.4, -0.2) is 30.1 Å². The number of hydrogen-bond donors (Lipinski definition) is 3. The highest BCUT2D eigenvalue weighted by atomic mass is 35.5. The first kappa shape index (κ1) is 13.2. The number of carbonyl (C=O) groups excluding carboxylic acids is 1. The summed E-state index contributed by atoms with van der Waals surface area (Å²) in [5, 5.41) is 15.8. The molecule has 1 amide bonds. The van der Waals surface area contributed by atoms with Gasteiger partial charge in [-0.15, -0.1) is 0 Å². The molecule has 1 aromatic carbocycles. The third-order valence-corrected chi connectivity index (χ3v) is 3.42. The molecular weight excluding hydrogens is 252 g/mol. The Balaban J connectivity index is 1.99. The quantitative estimate of drug-likeness (QED) is 0.768. The molecule has 1 aliphatic rings. The van der Waals surface area contributed by atoms with E-state index >= 15 is 0 Å². The molecule has 4 nitrogen and oxygen atoms in total. The van der Waals surface area contributed by atoms with Crippen molar-refractivity contribution in [3.8, 4) is 5.75 Å². The highest BCUT2D eigenvalue weighted by molar-refractivity contribution is 6.32. The monoisotopic (exact) mass is 268 g/mol. The van der Waals surface area contributed by atoms with Gasteiger partial charge in [0.15, 0.2) is 0 Å². The summed E-state index contributed by atoms with van der Waals surface area (Å²) >= 11 is 5.79. The van der Waals surface area contributed by atoms with Crippen LogP contribution >= 0.6 is 11.6 Å². The molecule has 0 spiro atoms. The molecule has 1 heterocycles. The Kier molecular flexibility index (Phi) is 4.44. The highest BCUT2D eigenvalue weighted by Gasteiger charge is 2.16. The SMILES string of the molecule is O=C(NC1CCCNCC1)c1ccc(O)c(Cl)c1. The molecule has 0 aromatic heterocycles. The minimum atomic E-state index is -0.135. The standard InChI is InChI=1S/C13H17ClN2O2/c14-11-8-9(3-4-12(11)17)13(18)16-10-2-1-6-15-7-5-10/h3-4,8,10,15,17H,1-2,5-7H2,(H,16,18). The van der Waals surface area contributed by atoms with Gasteiger partial charge in [0.2, 0.25) is 0 Å². The normalized spacial score (nSPS) is 20.2. The topological polar surface area (TPSA) is 61.4 Å². The summed E-state index contributed by atoms with van der Waals surface area (Å²) in [4.78, 5) is 12.0. The Labute approximate surface area is 111 Å². The molecule has 5 heteroatoms. The highest BCUT2D eigenvalue weighted by Crippen LogP contribution is 2.23. The minimum absolute atomic E-state index is 0.00752. The third-order valence-electron chi connectivity index (χ3n) is 3.12. The van der Waals surface area contributed by atoms with Crippen LogP contribution in [0, 0.1) is 0 Å². The van der Waals surface area contributed by atoms with E-state index in [1.807, 2.05) is 0 Å². The van der Waals surface area contributed by atoms with Crippen molar-refractivity contribution in [3.05, 3.63) is 28.8 Å². The van der Waals surface area contributed by atoms with Gasteiger partial charge in [0.1, 0.15) is 5.75 Å². The maximum atomic E-state index is 12.0. The van der Waals surface area contributed by atoms with Crippen LogP contribution < -0.4 is 10.6 Å². The van der Waals surface area contributed by atoms with E-state index in [1.165, 1.54) is 12.1 Å². The lowest BCUT2D eigenvalue weighted by Crippen LogP contribution is -2.35. The second-order valence-corrected chi connectivity index (χ2v) is 4.92. The first-order chi connectivity index (χ1) is 8.66. The predicted octanol–water partition coefficient (Wildman–Crippen LogP) is 1.92. The van der Waals surface area contributed by atoms with Gasteiger partial charge in [-0.25, -0.2) is 0 Å². The number of rotatable bonds is 2. The van der Waals surface area contributed by atoms with Crippen LogP contribution in [0.4, 0.5) is 0 Å². The van der Waals surface area contributed by atoms with Gasteiger partial charge in [-0.1, -0.05) is 11.6 Å². The average molecular weight is 269 g/mol. The van der Waals surface area contributed by atoms with Gasteiger partial charge in [-0.05, 0) is 50.6 Å². The average Bonchev–Trinajstić information content (AvgIpc) is 2.61. The van der Waals surface area contributed by atoms with Crippen LogP contribution in [0.15, 0.2) is 18.2 Å². The van der Waals surface area contributed by atoms with Crippen molar-refractivity contribution < 1.29 is 9.90 Å². The van der Waals surface area contributed by atoms with Crippen LogP contribution in [-0.2, 0) is 0 Å². The molecule has 98 valence electrons. The Hall–Kier alpha value is -1.26. The van der Waals surface area contributed by atoms with Gasteiger partial charge < -0.3 is 15.7 Å². The van der Waals surface area contributed by atoms with Crippen molar-refractivity contribution in [2.24, 2.45) is 0 Å². The summed E-state index contributed by atoms with van der Waals surface area (Å²) in [5.74, 6) is -0.143. The second-order valence-electron chi connectivity index (χ2n) is 4.52. The van der Waals surface area contributed by atoms with E-state index in [9.17, 15) is 9.90 Å². The molecule has 2 rings (SSSR count). The van der Waals surface area contributed by atoms with Gasteiger partial charge in [0.25, 0.3) is 5.91 Å². The number of amides is 1. The lowest BCUT2D eigenvalue weighted by Gasteiger charge is -2.16. The molecule has 1 atom stereocenters. The van der Waals surface area contributed by atoms with E-state index < -0.39 is 0 Å². The zero-order chi connectivity index (χ0) is 13.0. The molecule has 1 aliphatic heterocycles. The Morgan fingerprint density at radius 1 is 1.39 bits per heavy atom. The summed E-state index contributed by atoms with van der Waals surface area (Å²) in [6.07, 6.45) is 3.00. The number of halogens is 1. The molecule has 0 radical (unpaired) electrons.